The SMILES string of the molecule is O=C(O)c1ccc(C2=CC(c3cc(C(F)(F)F)cc(C(F)(F)F)c3)(C(F)(F)F)ON2)c2nccn12. The van der Waals surface area contributed by atoms with Gasteiger partial charge in [0.15, 0.2) is 0 Å². The lowest BCUT2D eigenvalue weighted by Gasteiger charge is -2.29. The Kier molecular flexibility index (Phi) is 5.31. The number of carboxylic acids is 1. The smallest absolute Gasteiger partial charge is 0.428 e. The summed E-state index contributed by atoms with van der Waals surface area (Å²) < 4.78 is 123. The van der Waals surface area contributed by atoms with Gasteiger partial charge >= 0.3 is 24.5 Å². The highest BCUT2D eigenvalue weighted by Gasteiger charge is 2.60. The van der Waals surface area contributed by atoms with Gasteiger partial charge in [-0.25, -0.2) is 9.78 Å². The predicted molar refractivity (Wildman–Crippen MR) is 98.5 cm³/mol. The number of hydrogen-bond donors (Lipinski definition) is 2. The number of aromatic carboxylic acids is 1. The van der Waals surface area contributed by atoms with Crippen LogP contribution in [0.15, 0.2) is 48.8 Å². The molecule has 1 unspecified atom stereocenters. The Morgan fingerprint density at radius 3 is 2.09 bits per heavy atom. The average molecular weight is 511 g/mol. The first-order chi connectivity index (χ1) is 16.0. The van der Waals surface area contributed by atoms with Crippen molar-refractivity contribution in [3.63, 3.8) is 0 Å². The highest BCUT2D eigenvalue weighted by atomic mass is 19.4. The third kappa shape index (κ3) is 4.05. The largest absolute Gasteiger partial charge is 0.477 e. The molecular weight excluding hydrogens is 501 g/mol. The summed E-state index contributed by atoms with van der Waals surface area (Å²) in [6, 6.07) is 1.62. The Morgan fingerprint density at radius 1 is 0.971 bits per heavy atom. The molecule has 0 saturated heterocycles. The number of carboxylic acid groups (broad SMARTS) is 1. The van der Waals surface area contributed by atoms with Gasteiger partial charge in [0.2, 0.25) is 5.60 Å². The quantitative estimate of drug-likeness (QED) is 0.461. The molecule has 0 bridgehead atoms. The average Bonchev–Trinajstić information content (AvgIpc) is 3.39. The number of fused-ring (bicyclic) bond motifs is 1. The number of nitrogens with one attached hydrogen (secondary N) is 1. The van der Waals surface area contributed by atoms with Crippen LogP contribution in [-0.2, 0) is 22.8 Å². The molecule has 0 saturated carbocycles. The van der Waals surface area contributed by atoms with E-state index in [-0.39, 0.29) is 41.2 Å². The summed E-state index contributed by atoms with van der Waals surface area (Å²) in [6.45, 7) is 0. The molecule has 1 aromatic carbocycles. The van der Waals surface area contributed by atoms with Crippen LogP contribution in [0.2, 0.25) is 0 Å². The van der Waals surface area contributed by atoms with Gasteiger partial charge in [-0.2, -0.15) is 39.5 Å². The molecule has 0 radical (unpaired) electrons. The van der Waals surface area contributed by atoms with Crippen molar-refractivity contribution in [1.29, 1.82) is 0 Å². The Hall–Kier alpha value is -3.75. The first kappa shape index (κ1) is 24.4. The van der Waals surface area contributed by atoms with E-state index in [1.807, 2.05) is 5.48 Å². The van der Waals surface area contributed by atoms with Crippen molar-refractivity contribution >= 4 is 17.3 Å². The summed E-state index contributed by atoms with van der Waals surface area (Å²) in [4.78, 5) is 19.9. The van der Waals surface area contributed by atoms with Gasteiger partial charge in [-0.3, -0.25) is 14.7 Å². The molecule has 186 valence electrons. The molecule has 3 aromatic rings. The molecule has 0 amide bonds. The van der Waals surface area contributed by atoms with E-state index in [2.05, 4.69) is 9.82 Å². The van der Waals surface area contributed by atoms with Gasteiger partial charge < -0.3 is 5.11 Å². The zero-order chi connectivity index (χ0) is 26.0. The van der Waals surface area contributed by atoms with E-state index < -0.39 is 52.5 Å². The fourth-order valence-corrected chi connectivity index (χ4v) is 3.54. The van der Waals surface area contributed by atoms with Gasteiger partial charge in [-0.1, -0.05) is 0 Å². The van der Waals surface area contributed by atoms with Crippen molar-refractivity contribution in [3.8, 4) is 0 Å². The summed E-state index contributed by atoms with van der Waals surface area (Å²) >= 11 is 0. The van der Waals surface area contributed by atoms with Crippen molar-refractivity contribution in [3.05, 3.63) is 76.7 Å². The van der Waals surface area contributed by atoms with Crippen molar-refractivity contribution in [2.24, 2.45) is 0 Å². The molecule has 15 heteroatoms. The number of aromatic nitrogens is 2. The van der Waals surface area contributed by atoms with E-state index in [9.17, 15) is 49.4 Å². The molecule has 2 aromatic heterocycles. The highest BCUT2D eigenvalue weighted by Crippen LogP contribution is 2.49. The molecule has 1 aliphatic rings. The number of halogens is 9. The summed E-state index contributed by atoms with van der Waals surface area (Å²) in [5.74, 6) is -1.39. The summed E-state index contributed by atoms with van der Waals surface area (Å²) in [5, 5.41) is 9.24. The first-order valence-corrected chi connectivity index (χ1v) is 9.28. The Morgan fingerprint density at radius 2 is 1.57 bits per heavy atom. The van der Waals surface area contributed by atoms with Crippen LogP contribution in [0.5, 0.6) is 0 Å². The number of rotatable bonds is 3. The van der Waals surface area contributed by atoms with E-state index in [4.69, 9.17) is 0 Å². The monoisotopic (exact) mass is 511 g/mol. The number of hydrogen-bond acceptors (Lipinski definition) is 4. The highest BCUT2D eigenvalue weighted by molar-refractivity contribution is 5.88. The van der Waals surface area contributed by atoms with Crippen molar-refractivity contribution in [1.82, 2.24) is 14.9 Å². The topological polar surface area (TPSA) is 75.9 Å². The maximum absolute atomic E-state index is 14.2. The molecule has 4 rings (SSSR count). The Balaban J connectivity index is 1.96. The lowest BCUT2D eigenvalue weighted by atomic mass is 9.88. The van der Waals surface area contributed by atoms with E-state index in [0.29, 0.717) is 0 Å². The molecule has 0 spiro atoms. The maximum Gasteiger partial charge on any atom is 0.428 e. The normalized spacial score (nSPS) is 19.1. The van der Waals surface area contributed by atoms with Crippen molar-refractivity contribution in [2.75, 3.05) is 0 Å². The minimum atomic E-state index is -5.53. The van der Waals surface area contributed by atoms with E-state index >= 15 is 0 Å². The van der Waals surface area contributed by atoms with Crippen LogP contribution in [0.4, 0.5) is 39.5 Å². The number of carbonyl (C=O) groups is 1. The molecular formula is C20H10F9N3O3. The van der Waals surface area contributed by atoms with E-state index in [1.54, 1.807) is 0 Å². The standard InChI is InChI=1S/C20H10F9N3O3/c21-18(22,23)10-5-9(6-11(7-10)19(24,25)26)17(20(27,28)29)8-13(31-35-17)12-1-2-14(16(33)34)32-4-3-30-15(12)32/h1-8,31H,(H,33,34). The van der Waals surface area contributed by atoms with Crippen molar-refractivity contribution < 1.29 is 54.3 Å². The summed E-state index contributed by atoms with van der Waals surface area (Å²) in [5.41, 5.74) is -8.40. The minimum absolute atomic E-state index is 0.0809. The number of imidazole rings is 1. The van der Waals surface area contributed by atoms with Gasteiger partial charge in [-0.15, -0.1) is 0 Å². The fraction of sp³-hybridized carbons (Fsp3) is 0.200. The van der Waals surface area contributed by atoms with E-state index in [1.165, 1.54) is 6.20 Å². The molecule has 6 nitrogen and oxygen atoms in total. The van der Waals surface area contributed by atoms with Crippen LogP contribution in [-0.4, -0.2) is 26.6 Å². The van der Waals surface area contributed by atoms with Crippen LogP contribution in [0, 0.1) is 0 Å². The number of alkyl halides is 9. The Labute approximate surface area is 188 Å². The molecule has 1 aliphatic heterocycles. The number of benzene rings is 1. The Bertz CT molecular complexity index is 1320. The second-order valence-electron chi connectivity index (χ2n) is 7.35. The third-order valence-corrected chi connectivity index (χ3v) is 5.17. The second kappa shape index (κ2) is 7.63. The second-order valence-corrected chi connectivity index (χ2v) is 7.35. The molecule has 0 fully saturated rings. The van der Waals surface area contributed by atoms with Gasteiger partial charge in [0.1, 0.15) is 11.3 Å². The summed E-state index contributed by atoms with van der Waals surface area (Å²) in [6.07, 6.45) is -13.7. The maximum atomic E-state index is 14.2. The zero-order valence-corrected chi connectivity index (χ0v) is 16.7. The van der Waals surface area contributed by atoms with Crippen LogP contribution in [0.25, 0.3) is 11.3 Å². The molecule has 1 atom stereocenters. The zero-order valence-electron chi connectivity index (χ0n) is 16.7. The van der Waals surface area contributed by atoms with Crippen LogP contribution in [0.1, 0.15) is 32.7 Å². The van der Waals surface area contributed by atoms with Crippen molar-refractivity contribution in [2.45, 2.75) is 24.1 Å². The van der Waals surface area contributed by atoms with Crippen LogP contribution < -0.4 is 5.48 Å². The fourth-order valence-electron chi connectivity index (χ4n) is 3.54. The lowest BCUT2D eigenvalue weighted by molar-refractivity contribution is -0.269. The van der Waals surface area contributed by atoms with Gasteiger partial charge in [0.25, 0.3) is 0 Å². The lowest BCUT2D eigenvalue weighted by Crippen LogP contribution is -2.43. The molecule has 2 N–H and O–H groups in total. The van der Waals surface area contributed by atoms with Gasteiger partial charge in [-0.05, 0) is 36.4 Å². The summed E-state index contributed by atoms with van der Waals surface area (Å²) in [7, 11) is 0. The van der Waals surface area contributed by atoms with E-state index in [0.717, 1.165) is 22.7 Å². The van der Waals surface area contributed by atoms with Crippen LogP contribution in [0.3, 0.4) is 0 Å². The molecule has 35 heavy (non-hydrogen) atoms. The molecule has 0 aliphatic carbocycles. The van der Waals surface area contributed by atoms with Gasteiger partial charge in [0, 0.05) is 23.5 Å². The van der Waals surface area contributed by atoms with Crippen LogP contribution >= 0.6 is 0 Å². The number of pyridine rings is 1. The number of nitrogens with zero attached hydrogens (tertiary/aromatic N) is 2. The minimum Gasteiger partial charge on any atom is -0.477 e. The molecule has 3 heterocycles. The first-order valence-electron chi connectivity index (χ1n) is 9.28. The predicted octanol–water partition coefficient (Wildman–Crippen LogP) is 5.40. The van der Waals surface area contributed by atoms with Gasteiger partial charge in [0.05, 0.1) is 16.8 Å². The third-order valence-electron chi connectivity index (χ3n) is 5.17. The number of hydroxylamine groups is 1.